The van der Waals surface area contributed by atoms with Crippen LogP contribution in [0.5, 0.6) is 0 Å². The van der Waals surface area contributed by atoms with Gasteiger partial charge in [0, 0.05) is 16.8 Å². The van der Waals surface area contributed by atoms with Crippen molar-refractivity contribution >= 4 is 38.6 Å². The highest BCUT2D eigenvalue weighted by molar-refractivity contribution is 6.14. The van der Waals surface area contributed by atoms with E-state index in [2.05, 4.69) is 241 Å². The number of hydrogen-bond acceptors (Lipinski definition) is 1. The molecular weight excluding hydrogens is 711 g/mol. The molecule has 2 atom stereocenters. The van der Waals surface area contributed by atoms with Gasteiger partial charge in [-0.2, -0.15) is 0 Å². The van der Waals surface area contributed by atoms with Gasteiger partial charge in [-0.3, -0.25) is 0 Å². The minimum absolute atomic E-state index is 0.472. The van der Waals surface area contributed by atoms with E-state index in [0.717, 1.165) is 17.1 Å². The Morgan fingerprint density at radius 1 is 0.288 bits per heavy atom. The lowest BCUT2D eigenvalue weighted by Gasteiger charge is -2.49. The van der Waals surface area contributed by atoms with E-state index in [4.69, 9.17) is 0 Å². The molecule has 2 aliphatic carbocycles. The molecule has 0 heterocycles. The molecule has 1 heteroatoms. The first-order chi connectivity index (χ1) is 29.3. The van der Waals surface area contributed by atoms with E-state index in [1.165, 1.54) is 77.2 Å². The second-order valence-corrected chi connectivity index (χ2v) is 15.9. The van der Waals surface area contributed by atoms with E-state index in [1.807, 2.05) is 0 Å². The van der Waals surface area contributed by atoms with E-state index >= 15 is 0 Å². The molecular formula is C58H39N. The number of benzene rings is 10. The summed E-state index contributed by atoms with van der Waals surface area (Å²) in [4.78, 5) is 2.43. The summed E-state index contributed by atoms with van der Waals surface area (Å²) in [7, 11) is 0. The van der Waals surface area contributed by atoms with Gasteiger partial charge in [-0.25, -0.2) is 0 Å². The van der Waals surface area contributed by atoms with Crippen LogP contribution in [0.2, 0.25) is 0 Å². The zero-order valence-corrected chi connectivity index (χ0v) is 32.5. The fourth-order valence-corrected chi connectivity index (χ4v) is 10.9. The molecule has 0 amide bonds. The van der Waals surface area contributed by atoms with Crippen LogP contribution < -0.4 is 4.90 Å². The first-order valence-corrected chi connectivity index (χ1v) is 20.6. The van der Waals surface area contributed by atoms with Gasteiger partial charge >= 0.3 is 0 Å². The largest absolute Gasteiger partial charge is 0.310 e. The smallest absolute Gasteiger partial charge is 0.0720 e. The van der Waals surface area contributed by atoms with Crippen molar-refractivity contribution in [1.82, 2.24) is 0 Å². The van der Waals surface area contributed by atoms with Gasteiger partial charge in [-0.05, 0) is 102 Å². The van der Waals surface area contributed by atoms with Gasteiger partial charge in [-0.1, -0.05) is 206 Å². The Hall–Kier alpha value is -7.48. The summed E-state index contributed by atoms with van der Waals surface area (Å²) in [5.41, 5.74) is 15.4. The zero-order chi connectivity index (χ0) is 39.0. The monoisotopic (exact) mass is 749 g/mol. The lowest BCUT2D eigenvalue weighted by molar-refractivity contribution is 0.626. The molecule has 2 unspecified atom stereocenters. The molecule has 0 saturated heterocycles. The lowest BCUT2D eigenvalue weighted by Crippen LogP contribution is -2.44. The van der Waals surface area contributed by atoms with Crippen LogP contribution in [0.4, 0.5) is 17.1 Å². The van der Waals surface area contributed by atoms with Crippen molar-refractivity contribution < 1.29 is 0 Å². The van der Waals surface area contributed by atoms with Crippen molar-refractivity contribution in [2.24, 2.45) is 0 Å². The van der Waals surface area contributed by atoms with Crippen LogP contribution in [0.3, 0.4) is 0 Å². The van der Waals surface area contributed by atoms with Crippen molar-refractivity contribution in [2.75, 3.05) is 4.90 Å². The number of anilines is 3. The Labute approximate surface area is 345 Å². The molecule has 0 N–H and O–H groups in total. The SMILES string of the molecule is c1ccc(N(c2ccc(C3(c4ccccc4)c4ccccc4C4(c5ccccc5)c5ccccc5-c5cccc3c54)cc2)c2cc3ccccc3c3ccccc23)cc1. The maximum atomic E-state index is 2.43. The minimum Gasteiger partial charge on any atom is -0.310 e. The first kappa shape index (κ1) is 33.6. The van der Waals surface area contributed by atoms with Gasteiger partial charge < -0.3 is 4.90 Å². The molecule has 0 radical (unpaired) electrons. The molecule has 10 aromatic carbocycles. The van der Waals surface area contributed by atoms with Crippen LogP contribution in [-0.2, 0) is 10.8 Å². The Bertz CT molecular complexity index is 3210. The quantitative estimate of drug-likeness (QED) is 0.153. The number of para-hydroxylation sites is 1. The Morgan fingerprint density at radius 3 is 1.47 bits per heavy atom. The van der Waals surface area contributed by atoms with Crippen LogP contribution in [0.15, 0.2) is 237 Å². The van der Waals surface area contributed by atoms with E-state index in [9.17, 15) is 0 Å². The standard InChI is InChI=1S/C58H39N/c1-4-20-41(21-5-1)57(52-32-16-17-33-53(52)58(42-22-6-2-7-23-42)51-31-15-14-28-48(51)50-30-18-34-54(57)56(50)58)43-35-37-45(38-36-43)59(44-24-8-3-9-25-44)55-39-40-19-10-11-26-46(40)47-27-12-13-29-49(47)55/h1-39H. The number of hydrogen-bond donors (Lipinski definition) is 0. The van der Waals surface area contributed by atoms with Crippen molar-refractivity contribution in [3.8, 4) is 11.1 Å². The highest BCUT2D eigenvalue weighted by atomic mass is 15.1. The number of rotatable bonds is 6. The van der Waals surface area contributed by atoms with E-state index in [-0.39, 0.29) is 0 Å². The molecule has 276 valence electrons. The molecule has 12 rings (SSSR count). The third-order valence-corrected chi connectivity index (χ3v) is 13.2. The van der Waals surface area contributed by atoms with Crippen molar-refractivity contribution in [2.45, 2.75) is 10.8 Å². The topological polar surface area (TPSA) is 3.24 Å². The molecule has 0 bridgehead atoms. The molecule has 0 fully saturated rings. The predicted molar refractivity (Wildman–Crippen MR) is 245 cm³/mol. The normalized spacial score (nSPS) is 17.3. The Balaban J connectivity index is 1.15. The first-order valence-electron chi connectivity index (χ1n) is 20.6. The molecule has 0 spiro atoms. The van der Waals surface area contributed by atoms with Gasteiger partial charge in [0.1, 0.15) is 0 Å². The fraction of sp³-hybridized carbons (Fsp3) is 0.0345. The third-order valence-electron chi connectivity index (χ3n) is 13.2. The summed E-state index contributed by atoms with van der Waals surface area (Å²) < 4.78 is 0. The fourth-order valence-electron chi connectivity index (χ4n) is 10.9. The van der Waals surface area contributed by atoms with E-state index < -0.39 is 10.8 Å². The maximum absolute atomic E-state index is 2.43. The van der Waals surface area contributed by atoms with Gasteiger partial charge in [-0.15, -0.1) is 0 Å². The molecule has 0 saturated carbocycles. The van der Waals surface area contributed by atoms with Gasteiger partial charge in [0.2, 0.25) is 0 Å². The highest BCUT2D eigenvalue weighted by Crippen LogP contribution is 2.65. The molecule has 0 aromatic heterocycles. The third kappa shape index (κ3) is 4.62. The Morgan fingerprint density at radius 2 is 0.763 bits per heavy atom. The van der Waals surface area contributed by atoms with Crippen molar-refractivity contribution in [3.63, 3.8) is 0 Å². The molecule has 0 aliphatic heterocycles. The zero-order valence-electron chi connectivity index (χ0n) is 32.5. The number of nitrogens with zero attached hydrogens (tertiary/aromatic N) is 1. The predicted octanol–water partition coefficient (Wildman–Crippen LogP) is 14.5. The second-order valence-electron chi connectivity index (χ2n) is 15.9. The van der Waals surface area contributed by atoms with Crippen molar-refractivity contribution in [3.05, 3.63) is 281 Å². The summed E-state index contributed by atoms with van der Waals surface area (Å²) in [5.74, 6) is 0. The van der Waals surface area contributed by atoms with Gasteiger partial charge in [0.25, 0.3) is 0 Å². The second kappa shape index (κ2) is 13.0. The molecule has 2 aliphatic rings. The van der Waals surface area contributed by atoms with E-state index in [0.29, 0.717) is 0 Å². The molecule has 10 aromatic rings. The van der Waals surface area contributed by atoms with Crippen LogP contribution in [0.25, 0.3) is 32.7 Å². The van der Waals surface area contributed by atoms with Gasteiger partial charge in [0.15, 0.2) is 0 Å². The minimum atomic E-state index is -0.602. The maximum Gasteiger partial charge on any atom is 0.0720 e. The van der Waals surface area contributed by atoms with Crippen LogP contribution in [0, 0.1) is 0 Å². The molecule has 59 heavy (non-hydrogen) atoms. The summed E-state index contributed by atoms with van der Waals surface area (Å²) in [6.45, 7) is 0. The summed E-state index contributed by atoms with van der Waals surface area (Å²) in [6, 6.07) is 88.0. The highest BCUT2D eigenvalue weighted by Gasteiger charge is 2.57. The van der Waals surface area contributed by atoms with Crippen molar-refractivity contribution in [1.29, 1.82) is 0 Å². The number of fused-ring (bicyclic) bond motifs is 8. The average molecular weight is 750 g/mol. The summed E-state index contributed by atoms with van der Waals surface area (Å²) in [5, 5.41) is 4.96. The van der Waals surface area contributed by atoms with E-state index in [1.54, 1.807) is 0 Å². The van der Waals surface area contributed by atoms with Crippen LogP contribution >= 0.6 is 0 Å². The van der Waals surface area contributed by atoms with Gasteiger partial charge in [0.05, 0.1) is 16.5 Å². The Kier molecular flexibility index (Phi) is 7.43. The molecule has 1 nitrogen and oxygen atoms in total. The van der Waals surface area contributed by atoms with Crippen LogP contribution in [0.1, 0.15) is 44.5 Å². The van der Waals surface area contributed by atoms with Crippen LogP contribution in [-0.4, -0.2) is 0 Å². The summed E-state index contributed by atoms with van der Waals surface area (Å²) in [6.07, 6.45) is 0. The average Bonchev–Trinajstić information content (AvgIpc) is 3.63. The lowest BCUT2D eigenvalue weighted by atomic mass is 9.52. The summed E-state index contributed by atoms with van der Waals surface area (Å²) >= 11 is 0.